The SMILES string of the molecule is CC(Cl)C#CC[Si](C)(C)C. The maximum atomic E-state index is 5.65. The van der Waals surface area contributed by atoms with Gasteiger partial charge in [0.1, 0.15) is 0 Å². The summed E-state index contributed by atoms with van der Waals surface area (Å²) in [5.41, 5.74) is 0. The van der Waals surface area contributed by atoms with Crippen LogP contribution in [0.5, 0.6) is 0 Å². The van der Waals surface area contributed by atoms with Crippen LogP contribution in [-0.4, -0.2) is 13.5 Å². The van der Waals surface area contributed by atoms with Crippen LogP contribution in [0.15, 0.2) is 0 Å². The van der Waals surface area contributed by atoms with Crippen molar-refractivity contribution >= 4 is 19.7 Å². The van der Waals surface area contributed by atoms with Crippen molar-refractivity contribution < 1.29 is 0 Å². The molecule has 58 valence electrons. The highest BCUT2D eigenvalue weighted by atomic mass is 35.5. The van der Waals surface area contributed by atoms with Gasteiger partial charge in [0.2, 0.25) is 0 Å². The van der Waals surface area contributed by atoms with Crippen molar-refractivity contribution in [2.75, 3.05) is 0 Å². The summed E-state index contributed by atoms with van der Waals surface area (Å²) in [5.74, 6) is 6.06. The molecular weight excluding hydrogens is 160 g/mol. The van der Waals surface area contributed by atoms with Crippen molar-refractivity contribution in [3.8, 4) is 11.8 Å². The predicted molar refractivity (Wildman–Crippen MR) is 51.2 cm³/mol. The van der Waals surface area contributed by atoms with Crippen LogP contribution in [-0.2, 0) is 0 Å². The van der Waals surface area contributed by atoms with Gasteiger partial charge in [-0.25, -0.2) is 0 Å². The summed E-state index contributed by atoms with van der Waals surface area (Å²) in [6, 6.07) is 1.06. The molecule has 1 unspecified atom stereocenters. The number of alkyl halides is 1. The summed E-state index contributed by atoms with van der Waals surface area (Å²) < 4.78 is 0. The Balaban J connectivity index is 3.67. The highest BCUT2D eigenvalue weighted by molar-refractivity contribution is 6.76. The van der Waals surface area contributed by atoms with Crippen LogP contribution in [0.2, 0.25) is 25.7 Å². The average Bonchev–Trinajstić information content (AvgIpc) is 1.59. The second kappa shape index (κ2) is 4.05. The minimum atomic E-state index is -0.956. The zero-order valence-corrected chi connectivity index (χ0v) is 8.92. The van der Waals surface area contributed by atoms with E-state index >= 15 is 0 Å². The third kappa shape index (κ3) is 8.07. The normalized spacial score (nSPS) is 13.7. The molecule has 0 radical (unpaired) electrons. The van der Waals surface area contributed by atoms with Crippen LogP contribution in [0.25, 0.3) is 0 Å². The molecule has 0 bridgehead atoms. The first-order valence-electron chi connectivity index (χ1n) is 3.54. The van der Waals surface area contributed by atoms with Crippen molar-refractivity contribution in [2.45, 2.75) is 38.0 Å². The van der Waals surface area contributed by atoms with Gasteiger partial charge in [-0.05, 0) is 6.92 Å². The van der Waals surface area contributed by atoms with E-state index in [-0.39, 0.29) is 5.38 Å². The minimum absolute atomic E-state index is 0.0105. The summed E-state index contributed by atoms with van der Waals surface area (Å²) in [4.78, 5) is 0. The second-order valence-corrected chi connectivity index (χ2v) is 9.80. The van der Waals surface area contributed by atoms with E-state index in [4.69, 9.17) is 11.6 Å². The Hall–Kier alpha value is 0.0669. The monoisotopic (exact) mass is 174 g/mol. The first kappa shape index (κ1) is 10.1. The van der Waals surface area contributed by atoms with Gasteiger partial charge in [-0.1, -0.05) is 25.6 Å². The Kier molecular flexibility index (Phi) is 4.08. The standard InChI is InChI=1S/C8H15ClSi/c1-8(9)6-5-7-10(2,3)4/h8H,7H2,1-4H3. The van der Waals surface area contributed by atoms with Gasteiger partial charge in [0.15, 0.2) is 0 Å². The Bertz CT molecular complexity index is 145. The molecule has 1 atom stereocenters. The van der Waals surface area contributed by atoms with Gasteiger partial charge in [-0.15, -0.1) is 17.5 Å². The molecule has 0 aromatic rings. The molecule has 0 aromatic carbocycles. The molecule has 0 aliphatic carbocycles. The second-order valence-electron chi connectivity index (χ2n) is 3.67. The van der Waals surface area contributed by atoms with E-state index < -0.39 is 8.07 Å². The fourth-order valence-electron chi connectivity index (χ4n) is 0.457. The first-order chi connectivity index (χ1) is 4.42. The summed E-state index contributed by atoms with van der Waals surface area (Å²) in [6.07, 6.45) is 0. The smallest absolute Gasteiger partial charge is 0.0914 e. The molecule has 2 heteroatoms. The van der Waals surface area contributed by atoms with Crippen molar-refractivity contribution in [2.24, 2.45) is 0 Å². The van der Waals surface area contributed by atoms with Gasteiger partial charge in [-0.2, -0.15) is 0 Å². The molecule has 0 heterocycles. The van der Waals surface area contributed by atoms with Gasteiger partial charge in [0, 0.05) is 6.04 Å². The van der Waals surface area contributed by atoms with E-state index in [0.29, 0.717) is 0 Å². The molecule has 0 fully saturated rings. The van der Waals surface area contributed by atoms with Crippen LogP contribution in [0.4, 0.5) is 0 Å². The number of hydrogen-bond donors (Lipinski definition) is 0. The lowest BCUT2D eigenvalue weighted by atomic mass is 10.5. The topological polar surface area (TPSA) is 0 Å². The van der Waals surface area contributed by atoms with Gasteiger partial charge in [-0.3, -0.25) is 0 Å². The van der Waals surface area contributed by atoms with E-state index in [1.54, 1.807) is 0 Å². The fraction of sp³-hybridized carbons (Fsp3) is 0.750. The lowest BCUT2D eigenvalue weighted by molar-refractivity contribution is 1.28. The predicted octanol–water partition coefficient (Wildman–Crippen LogP) is 2.96. The summed E-state index contributed by atoms with van der Waals surface area (Å²) in [6.45, 7) is 8.82. The first-order valence-corrected chi connectivity index (χ1v) is 7.68. The van der Waals surface area contributed by atoms with Crippen molar-refractivity contribution in [1.29, 1.82) is 0 Å². The van der Waals surface area contributed by atoms with Crippen molar-refractivity contribution in [3.05, 3.63) is 0 Å². The number of rotatable bonds is 1. The lowest BCUT2D eigenvalue weighted by Crippen LogP contribution is -2.17. The minimum Gasteiger partial charge on any atom is -0.109 e. The number of halogens is 1. The molecule has 0 N–H and O–H groups in total. The molecule has 0 aromatic heterocycles. The van der Waals surface area contributed by atoms with Crippen molar-refractivity contribution in [3.63, 3.8) is 0 Å². The molecule has 0 spiro atoms. The number of hydrogen-bond acceptors (Lipinski definition) is 0. The highest BCUT2D eigenvalue weighted by Gasteiger charge is 2.09. The summed E-state index contributed by atoms with van der Waals surface area (Å²) >= 11 is 5.65. The molecule has 0 aliphatic rings. The van der Waals surface area contributed by atoms with E-state index in [1.165, 1.54) is 0 Å². The van der Waals surface area contributed by atoms with Crippen LogP contribution in [0.1, 0.15) is 6.92 Å². The summed E-state index contributed by atoms with van der Waals surface area (Å²) in [7, 11) is -0.956. The average molecular weight is 175 g/mol. The van der Waals surface area contributed by atoms with Crippen LogP contribution in [0, 0.1) is 11.8 Å². The largest absolute Gasteiger partial charge is 0.109 e. The van der Waals surface area contributed by atoms with Gasteiger partial charge in [0.05, 0.1) is 13.5 Å². The Morgan fingerprint density at radius 1 is 1.40 bits per heavy atom. The zero-order valence-electron chi connectivity index (χ0n) is 7.16. The molecular formula is C8H15ClSi. The fourth-order valence-corrected chi connectivity index (χ4v) is 1.17. The Morgan fingerprint density at radius 2 is 1.90 bits per heavy atom. The van der Waals surface area contributed by atoms with Crippen LogP contribution >= 0.6 is 11.6 Å². The van der Waals surface area contributed by atoms with Crippen LogP contribution in [0.3, 0.4) is 0 Å². The third-order valence-electron chi connectivity index (χ3n) is 0.920. The highest BCUT2D eigenvalue weighted by Crippen LogP contribution is 2.05. The molecule has 0 aliphatic heterocycles. The van der Waals surface area contributed by atoms with Gasteiger partial charge < -0.3 is 0 Å². The quantitative estimate of drug-likeness (QED) is 0.326. The maximum absolute atomic E-state index is 5.65. The third-order valence-corrected chi connectivity index (χ3v) is 2.27. The van der Waals surface area contributed by atoms with E-state index in [9.17, 15) is 0 Å². The van der Waals surface area contributed by atoms with Gasteiger partial charge >= 0.3 is 0 Å². The zero-order chi connectivity index (χ0) is 8.20. The molecule has 0 saturated heterocycles. The lowest BCUT2D eigenvalue weighted by Gasteiger charge is -2.09. The van der Waals surface area contributed by atoms with E-state index in [2.05, 4.69) is 31.5 Å². The Morgan fingerprint density at radius 3 is 2.20 bits per heavy atom. The molecule has 0 nitrogen and oxygen atoms in total. The molecule has 10 heavy (non-hydrogen) atoms. The van der Waals surface area contributed by atoms with E-state index in [1.807, 2.05) is 6.92 Å². The summed E-state index contributed by atoms with van der Waals surface area (Å²) in [5, 5.41) is 0.0105. The van der Waals surface area contributed by atoms with Crippen molar-refractivity contribution in [1.82, 2.24) is 0 Å². The van der Waals surface area contributed by atoms with Crippen LogP contribution < -0.4 is 0 Å². The van der Waals surface area contributed by atoms with E-state index in [0.717, 1.165) is 6.04 Å². The molecule has 0 rings (SSSR count). The Labute approximate surface area is 70.0 Å². The maximum Gasteiger partial charge on any atom is 0.0914 e. The van der Waals surface area contributed by atoms with Gasteiger partial charge in [0.25, 0.3) is 0 Å². The molecule has 0 amide bonds. The molecule has 0 saturated carbocycles.